The Hall–Kier alpha value is -3.43. The topological polar surface area (TPSA) is 75.5 Å². The predicted molar refractivity (Wildman–Crippen MR) is 137 cm³/mol. The third-order valence-electron chi connectivity index (χ3n) is 6.98. The third-order valence-corrected chi connectivity index (χ3v) is 6.98. The number of benzene rings is 1. The number of carbonyl (C=O) groups is 1. The van der Waals surface area contributed by atoms with Crippen LogP contribution in [0.25, 0.3) is 10.9 Å². The number of fused-ring (bicyclic) bond motifs is 1. The van der Waals surface area contributed by atoms with E-state index in [9.17, 15) is 9.90 Å². The first kappa shape index (κ1) is 24.7. The van der Waals surface area contributed by atoms with Crippen LogP contribution in [0.2, 0.25) is 0 Å². The Morgan fingerprint density at radius 1 is 1.14 bits per heavy atom. The van der Waals surface area contributed by atoms with E-state index in [4.69, 9.17) is 4.74 Å². The van der Waals surface area contributed by atoms with E-state index in [2.05, 4.69) is 38.8 Å². The number of likely N-dealkylation sites (tertiary alicyclic amines) is 1. The molecule has 2 atom stereocenters. The van der Waals surface area contributed by atoms with Crippen LogP contribution in [-0.4, -0.2) is 52.7 Å². The molecule has 6 nitrogen and oxygen atoms in total. The summed E-state index contributed by atoms with van der Waals surface area (Å²) in [5, 5.41) is 10.4. The van der Waals surface area contributed by atoms with Gasteiger partial charge in [-0.2, -0.15) is 0 Å². The molecule has 182 valence electrons. The van der Waals surface area contributed by atoms with E-state index in [1.165, 1.54) is 5.56 Å². The Morgan fingerprint density at radius 2 is 2.00 bits per heavy atom. The average Bonchev–Trinajstić information content (AvgIpc) is 2.88. The highest BCUT2D eigenvalue weighted by Crippen LogP contribution is 2.32. The number of rotatable bonds is 9. The zero-order chi connectivity index (χ0) is 24.5. The lowest BCUT2D eigenvalue weighted by molar-refractivity contribution is -0.137. The van der Waals surface area contributed by atoms with Crippen molar-refractivity contribution in [2.75, 3.05) is 26.7 Å². The summed E-state index contributed by atoms with van der Waals surface area (Å²) in [5.41, 5.74) is 3.25. The molecule has 0 amide bonds. The number of pyridine rings is 2. The van der Waals surface area contributed by atoms with E-state index < -0.39 is 5.97 Å². The molecule has 0 bridgehead atoms. The van der Waals surface area contributed by atoms with Gasteiger partial charge >= 0.3 is 5.97 Å². The van der Waals surface area contributed by atoms with Crippen molar-refractivity contribution in [3.63, 3.8) is 0 Å². The van der Waals surface area contributed by atoms with E-state index in [1.807, 2.05) is 30.5 Å². The summed E-state index contributed by atoms with van der Waals surface area (Å²) in [6, 6.07) is 12.0. The highest BCUT2D eigenvalue weighted by atomic mass is 16.5. The Labute approximate surface area is 207 Å². The van der Waals surface area contributed by atoms with Crippen molar-refractivity contribution in [1.82, 2.24) is 14.9 Å². The van der Waals surface area contributed by atoms with Crippen molar-refractivity contribution in [3.05, 3.63) is 66.1 Å². The number of aryl methyl sites for hydroxylation is 1. The van der Waals surface area contributed by atoms with Gasteiger partial charge in [0.25, 0.3) is 0 Å². The number of hydrogen-bond donors (Lipinski definition) is 1. The lowest BCUT2D eigenvalue weighted by atomic mass is 9.79. The van der Waals surface area contributed by atoms with Gasteiger partial charge in [-0.25, -0.2) is 0 Å². The van der Waals surface area contributed by atoms with Gasteiger partial charge in [0, 0.05) is 42.5 Å². The number of nitrogens with zero attached hydrogens (tertiary/aromatic N) is 3. The number of carboxylic acid groups (broad SMARTS) is 1. The van der Waals surface area contributed by atoms with Crippen molar-refractivity contribution in [1.29, 1.82) is 0 Å². The molecule has 2 aromatic heterocycles. The molecule has 0 spiro atoms. The molecule has 0 radical (unpaired) electrons. The Balaban J connectivity index is 1.35. The van der Waals surface area contributed by atoms with E-state index in [1.54, 1.807) is 19.5 Å². The summed E-state index contributed by atoms with van der Waals surface area (Å²) in [5.74, 6) is 7.55. The minimum Gasteiger partial charge on any atom is -0.497 e. The fraction of sp³-hybridized carbons (Fsp3) is 0.414. The van der Waals surface area contributed by atoms with Crippen molar-refractivity contribution in [3.8, 4) is 17.6 Å². The number of ether oxygens (including phenoxy) is 1. The van der Waals surface area contributed by atoms with Crippen LogP contribution in [-0.2, 0) is 11.2 Å². The fourth-order valence-electron chi connectivity index (χ4n) is 5.09. The molecule has 1 fully saturated rings. The summed E-state index contributed by atoms with van der Waals surface area (Å²) < 4.78 is 5.41. The number of piperidine rings is 1. The summed E-state index contributed by atoms with van der Waals surface area (Å²) in [6.07, 6.45) is 10.6. The first-order chi connectivity index (χ1) is 17.1. The van der Waals surface area contributed by atoms with Crippen LogP contribution in [0, 0.1) is 23.7 Å². The molecule has 1 aliphatic heterocycles. The summed E-state index contributed by atoms with van der Waals surface area (Å²) >= 11 is 0. The molecule has 1 aliphatic rings. The fourth-order valence-corrected chi connectivity index (χ4v) is 5.09. The number of aliphatic carboxylic acids is 1. The monoisotopic (exact) mass is 471 g/mol. The molecular formula is C29H33N3O3. The van der Waals surface area contributed by atoms with Gasteiger partial charge in [-0.05, 0) is 92.4 Å². The molecule has 3 heterocycles. The van der Waals surface area contributed by atoms with E-state index in [0.29, 0.717) is 18.4 Å². The van der Waals surface area contributed by atoms with Crippen LogP contribution in [0.15, 0.2) is 55.0 Å². The van der Waals surface area contributed by atoms with Gasteiger partial charge in [-0.1, -0.05) is 11.8 Å². The molecule has 1 aromatic carbocycles. The predicted octanol–water partition coefficient (Wildman–Crippen LogP) is 4.82. The number of carboxylic acids is 1. The standard InChI is InChI=1S/C29H33N3O3/c1-35-26-8-9-28-27(20-26)24(13-17-31-28)6-2-5-23-14-19-32(21-25(23)7-10-29(33)34)18-3-4-22-11-15-30-16-12-22/h8-9,11-13,15-17,20,23,25H,2,5-7,10,14,18-19,21H2,1H3,(H,33,34)/t23-,25+/m1/s1. The van der Waals surface area contributed by atoms with Gasteiger partial charge in [0.05, 0.1) is 19.2 Å². The zero-order valence-electron chi connectivity index (χ0n) is 20.3. The lowest BCUT2D eigenvalue weighted by Crippen LogP contribution is -2.41. The number of methoxy groups -OCH3 is 1. The number of hydrogen-bond acceptors (Lipinski definition) is 5. The van der Waals surface area contributed by atoms with E-state index >= 15 is 0 Å². The van der Waals surface area contributed by atoms with Gasteiger partial charge < -0.3 is 9.84 Å². The highest BCUT2D eigenvalue weighted by Gasteiger charge is 2.28. The second-order valence-electron chi connectivity index (χ2n) is 9.26. The summed E-state index contributed by atoms with van der Waals surface area (Å²) in [6.45, 7) is 2.64. The lowest BCUT2D eigenvalue weighted by Gasteiger charge is -2.38. The maximum atomic E-state index is 11.3. The van der Waals surface area contributed by atoms with Gasteiger partial charge in [-0.3, -0.25) is 19.7 Å². The Kier molecular flexibility index (Phi) is 8.69. The maximum absolute atomic E-state index is 11.3. The summed E-state index contributed by atoms with van der Waals surface area (Å²) in [7, 11) is 1.69. The smallest absolute Gasteiger partial charge is 0.303 e. The number of aromatic nitrogens is 2. The van der Waals surface area contributed by atoms with E-state index in [0.717, 1.165) is 67.4 Å². The minimum absolute atomic E-state index is 0.229. The van der Waals surface area contributed by atoms with Crippen LogP contribution < -0.4 is 4.74 Å². The van der Waals surface area contributed by atoms with Crippen LogP contribution in [0.4, 0.5) is 0 Å². The van der Waals surface area contributed by atoms with Crippen LogP contribution in [0.5, 0.6) is 5.75 Å². The van der Waals surface area contributed by atoms with Crippen molar-refractivity contribution in [2.24, 2.45) is 11.8 Å². The van der Waals surface area contributed by atoms with Crippen molar-refractivity contribution < 1.29 is 14.6 Å². The Morgan fingerprint density at radius 3 is 2.80 bits per heavy atom. The first-order valence-corrected chi connectivity index (χ1v) is 12.4. The van der Waals surface area contributed by atoms with Gasteiger partial charge in [0.2, 0.25) is 0 Å². The normalized spacial score (nSPS) is 18.1. The van der Waals surface area contributed by atoms with Crippen molar-refractivity contribution >= 4 is 16.9 Å². The molecule has 4 rings (SSSR count). The summed E-state index contributed by atoms with van der Waals surface area (Å²) in [4.78, 5) is 22.2. The molecule has 35 heavy (non-hydrogen) atoms. The first-order valence-electron chi connectivity index (χ1n) is 12.4. The Bertz CT molecular complexity index is 1190. The second kappa shape index (κ2) is 12.3. The van der Waals surface area contributed by atoms with Gasteiger partial charge in [-0.15, -0.1) is 0 Å². The molecular weight excluding hydrogens is 438 g/mol. The molecule has 1 N–H and O–H groups in total. The van der Waals surface area contributed by atoms with Gasteiger partial charge in [0.1, 0.15) is 5.75 Å². The maximum Gasteiger partial charge on any atom is 0.303 e. The van der Waals surface area contributed by atoms with Crippen LogP contribution >= 0.6 is 0 Å². The molecule has 0 unspecified atom stereocenters. The SMILES string of the molecule is COc1ccc2nccc(CCC[C@@H]3CCN(CC#Cc4ccncc4)C[C@@H]3CCC(=O)O)c2c1. The molecule has 0 aliphatic carbocycles. The molecule has 1 saturated heterocycles. The quantitative estimate of drug-likeness (QED) is 0.451. The third kappa shape index (κ3) is 7.03. The average molecular weight is 472 g/mol. The second-order valence-corrected chi connectivity index (χ2v) is 9.26. The van der Waals surface area contributed by atoms with E-state index in [-0.39, 0.29) is 6.42 Å². The largest absolute Gasteiger partial charge is 0.497 e. The van der Waals surface area contributed by atoms with Crippen LogP contribution in [0.1, 0.15) is 43.2 Å². The molecule has 3 aromatic rings. The zero-order valence-corrected chi connectivity index (χ0v) is 20.3. The van der Waals surface area contributed by atoms with Crippen molar-refractivity contribution in [2.45, 2.75) is 38.5 Å². The minimum atomic E-state index is -0.712. The molecule has 6 heteroatoms. The van der Waals surface area contributed by atoms with Gasteiger partial charge in [0.15, 0.2) is 0 Å². The van der Waals surface area contributed by atoms with Crippen LogP contribution in [0.3, 0.4) is 0 Å². The highest BCUT2D eigenvalue weighted by molar-refractivity contribution is 5.83. The molecule has 0 saturated carbocycles.